The molecule has 0 radical (unpaired) electrons. The van der Waals surface area contributed by atoms with Gasteiger partial charge in [0.1, 0.15) is 0 Å². The number of rotatable bonds is 6. The predicted molar refractivity (Wildman–Crippen MR) is 67.7 cm³/mol. The van der Waals surface area contributed by atoms with Crippen LogP contribution < -0.4 is 6.15 Å². The zero-order valence-corrected chi connectivity index (χ0v) is 10.7. The lowest BCUT2D eigenvalue weighted by atomic mass is 10.1. The van der Waals surface area contributed by atoms with E-state index in [0.29, 0.717) is 18.8 Å². The van der Waals surface area contributed by atoms with Gasteiger partial charge in [-0.15, -0.1) is 0 Å². The van der Waals surface area contributed by atoms with E-state index in [1.165, 1.54) is 0 Å². The Labute approximate surface area is 106 Å². The summed E-state index contributed by atoms with van der Waals surface area (Å²) >= 11 is 0. The van der Waals surface area contributed by atoms with Crippen molar-refractivity contribution in [1.82, 2.24) is 6.15 Å². The quantitative estimate of drug-likeness (QED) is 0.780. The van der Waals surface area contributed by atoms with E-state index in [4.69, 9.17) is 9.47 Å². The third kappa shape index (κ3) is 5.35. The summed E-state index contributed by atoms with van der Waals surface area (Å²) in [6.07, 6.45) is -1.32. The molecule has 0 heterocycles. The fourth-order valence-electron chi connectivity index (χ4n) is 1.42. The Bertz CT molecular complexity index is 356. The van der Waals surface area contributed by atoms with Crippen LogP contribution >= 0.6 is 0 Å². The number of ether oxygens (including phenoxy) is 2. The Balaban J connectivity index is 0.00000289. The molecular formula is C13H19F2NO2. The van der Waals surface area contributed by atoms with Gasteiger partial charge in [-0.05, 0) is 19.4 Å². The summed E-state index contributed by atoms with van der Waals surface area (Å²) in [5.41, 5.74) is 1.28. The smallest absolute Gasteiger partial charge is 0.270 e. The summed E-state index contributed by atoms with van der Waals surface area (Å²) in [5, 5.41) is 0. The molecule has 0 fully saturated rings. The van der Waals surface area contributed by atoms with Gasteiger partial charge in [-0.1, -0.05) is 24.3 Å². The summed E-state index contributed by atoms with van der Waals surface area (Å²) in [5.74, 6) is 0. The SMILES string of the molecule is CCOC(OCC)c1ccc(C=C(F)F)cc1.N. The number of hydrogen-bond acceptors (Lipinski definition) is 3. The highest BCUT2D eigenvalue weighted by Gasteiger charge is 2.10. The first-order valence-electron chi connectivity index (χ1n) is 5.53. The van der Waals surface area contributed by atoms with Gasteiger partial charge in [0, 0.05) is 24.9 Å². The molecule has 102 valence electrons. The van der Waals surface area contributed by atoms with Gasteiger partial charge in [0.2, 0.25) is 0 Å². The second-order valence-corrected chi connectivity index (χ2v) is 3.34. The minimum Gasteiger partial charge on any atom is -0.349 e. The molecule has 0 unspecified atom stereocenters. The largest absolute Gasteiger partial charge is 0.349 e. The molecule has 0 aliphatic rings. The fraction of sp³-hybridized carbons (Fsp3) is 0.385. The Morgan fingerprint density at radius 2 is 1.61 bits per heavy atom. The lowest BCUT2D eigenvalue weighted by Crippen LogP contribution is -2.08. The van der Waals surface area contributed by atoms with Gasteiger partial charge >= 0.3 is 0 Å². The molecule has 3 nitrogen and oxygen atoms in total. The maximum atomic E-state index is 12.0. The average Bonchev–Trinajstić information content (AvgIpc) is 2.29. The summed E-state index contributed by atoms with van der Waals surface area (Å²) in [6, 6.07) is 6.68. The van der Waals surface area contributed by atoms with Gasteiger partial charge in [0.15, 0.2) is 6.29 Å². The van der Waals surface area contributed by atoms with Crippen LogP contribution in [0.1, 0.15) is 31.3 Å². The summed E-state index contributed by atoms with van der Waals surface area (Å²) in [4.78, 5) is 0. The summed E-state index contributed by atoms with van der Waals surface area (Å²) in [7, 11) is 0. The molecule has 5 heteroatoms. The van der Waals surface area contributed by atoms with E-state index in [9.17, 15) is 8.78 Å². The van der Waals surface area contributed by atoms with Crippen LogP contribution in [-0.2, 0) is 9.47 Å². The maximum absolute atomic E-state index is 12.0. The van der Waals surface area contributed by atoms with Crippen LogP contribution in [-0.4, -0.2) is 13.2 Å². The van der Waals surface area contributed by atoms with E-state index in [0.717, 1.165) is 11.6 Å². The highest BCUT2D eigenvalue weighted by molar-refractivity contribution is 5.50. The molecular weight excluding hydrogens is 240 g/mol. The second-order valence-electron chi connectivity index (χ2n) is 3.34. The topological polar surface area (TPSA) is 53.5 Å². The van der Waals surface area contributed by atoms with Crippen molar-refractivity contribution in [2.75, 3.05) is 13.2 Å². The van der Waals surface area contributed by atoms with Gasteiger partial charge in [-0.25, -0.2) is 0 Å². The minimum absolute atomic E-state index is 0. The van der Waals surface area contributed by atoms with E-state index in [-0.39, 0.29) is 6.15 Å². The molecule has 0 saturated heterocycles. The fourth-order valence-corrected chi connectivity index (χ4v) is 1.42. The Morgan fingerprint density at radius 3 is 2.00 bits per heavy atom. The Hall–Kier alpha value is -1.30. The lowest BCUT2D eigenvalue weighted by Gasteiger charge is -2.17. The molecule has 0 aliphatic carbocycles. The van der Waals surface area contributed by atoms with Gasteiger partial charge < -0.3 is 15.6 Å². The van der Waals surface area contributed by atoms with Crippen LogP contribution in [0.3, 0.4) is 0 Å². The molecule has 0 amide bonds. The molecule has 0 bridgehead atoms. The minimum atomic E-state index is -1.70. The van der Waals surface area contributed by atoms with Gasteiger partial charge in [0.25, 0.3) is 6.08 Å². The molecule has 0 aromatic heterocycles. The number of hydrogen-bond donors (Lipinski definition) is 1. The molecule has 0 spiro atoms. The molecule has 0 atom stereocenters. The zero-order chi connectivity index (χ0) is 12.7. The van der Waals surface area contributed by atoms with E-state index in [1.54, 1.807) is 24.3 Å². The van der Waals surface area contributed by atoms with Crippen LogP contribution in [0.2, 0.25) is 0 Å². The monoisotopic (exact) mass is 259 g/mol. The van der Waals surface area contributed by atoms with Crippen molar-refractivity contribution < 1.29 is 18.3 Å². The van der Waals surface area contributed by atoms with Gasteiger partial charge in [-0.3, -0.25) is 0 Å². The van der Waals surface area contributed by atoms with Crippen LogP contribution in [0.4, 0.5) is 8.78 Å². The molecule has 3 N–H and O–H groups in total. The number of halogens is 2. The molecule has 1 aromatic rings. The van der Waals surface area contributed by atoms with E-state index < -0.39 is 12.4 Å². The van der Waals surface area contributed by atoms with Gasteiger partial charge in [0.05, 0.1) is 0 Å². The molecule has 1 aromatic carbocycles. The van der Waals surface area contributed by atoms with Crippen LogP contribution in [0.5, 0.6) is 0 Å². The molecule has 18 heavy (non-hydrogen) atoms. The summed E-state index contributed by atoms with van der Waals surface area (Å²) in [6.45, 7) is 4.82. The van der Waals surface area contributed by atoms with Crippen LogP contribution in [0, 0.1) is 0 Å². The highest BCUT2D eigenvalue weighted by Crippen LogP contribution is 2.20. The molecule has 0 aliphatic heterocycles. The zero-order valence-electron chi connectivity index (χ0n) is 10.7. The normalized spacial score (nSPS) is 10.1. The first kappa shape index (κ1) is 16.7. The van der Waals surface area contributed by atoms with Crippen LogP contribution in [0.25, 0.3) is 6.08 Å². The third-order valence-electron chi connectivity index (χ3n) is 2.12. The van der Waals surface area contributed by atoms with Gasteiger partial charge in [-0.2, -0.15) is 8.78 Å². The Morgan fingerprint density at radius 1 is 1.11 bits per heavy atom. The number of benzene rings is 1. The first-order valence-corrected chi connectivity index (χ1v) is 5.53. The van der Waals surface area contributed by atoms with E-state index in [2.05, 4.69) is 0 Å². The van der Waals surface area contributed by atoms with Crippen molar-refractivity contribution in [2.24, 2.45) is 0 Å². The van der Waals surface area contributed by atoms with Crippen LogP contribution in [0.15, 0.2) is 30.3 Å². The molecule has 0 saturated carbocycles. The lowest BCUT2D eigenvalue weighted by molar-refractivity contribution is -0.140. The standard InChI is InChI=1S/C13H16F2O2.H3N/c1-3-16-13(17-4-2)11-7-5-10(6-8-11)9-12(14)15;/h5-9,13H,3-4H2,1-2H3;1H3. The van der Waals surface area contributed by atoms with Crippen molar-refractivity contribution in [3.63, 3.8) is 0 Å². The highest BCUT2D eigenvalue weighted by atomic mass is 19.3. The van der Waals surface area contributed by atoms with E-state index >= 15 is 0 Å². The second kappa shape index (κ2) is 8.74. The summed E-state index contributed by atoms with van der Waals surface area (Å²) < 4.78 is 34.9. The maximum Gasteiger partial charge on any atom is 0.270 e. The van der Waals surface area contributed by atoms with Crippen molar-refractivity contribution in [3.05, 3.63) is 41.5 Å². The van der Waals surface area contributed by atoms with Crippen molar-refractivity contribution in [2.45, 2.75) is 20.1 Å². The van der Waals surface area contributed by atoms with Crippen molar-refractivity contribution in [3.8, 4) is 0 Å². The molecule has 1 rings (SSSR count). The van der Waals surface area contributed by atoms with Crippen molar-refractivity contribution >= 4 is 6.08 Å². The van der Waals surface area contributed by atoms with Crippen molar-refractivity contribution in [1.29, 1.82) is 0 Å². The Kier molecular flexibility index (Phi) is 8.11. The predicted octanol–water partition coefficient (Wildman–Crippen LogP) is 4.16. The third-order valence-corrected chi connectivity index (χ3v) is 2.12. The van der Waals surface area contributed by atoms with E-state index in [1.807, 2.05) is 13.8 Å². The average molecular weight is 259 g/mol. The first-order chi connectivity index (χ1) is 8.17.